The van der Waals surface area contributed by atoms with Crippen LogP contribution in [0.5, 0.6) is 0 Å². The predicted octanol–water partition coefficient (Wildman–Crippen LogP) is 1.95. The number of aromatic nitrogens is 2. The number of hydrogen-bond donors (Lipinski definition) is 0. The Hall–Kier alpha value is -2.70. The molecule has 2 aromatic rings. The van der Waals surface area contributed by atoms with Crippen LogP contribution in [-0.2, 0) is 22.5 Å². The minimum atomic E-state index is -0.437. The molecule has 0 fully saturated rings. The number of non-ortho nitro benzene ring substituents is 1. The van der Waals surface area contributed by atoms with E-state index in [0.717, 1.165) is 5.56 Å². The SMILES string of the molecule is CCOC(=O)Cc1nccn1Cc1ccc([N+](=O)[O-])cc1. The highest BCUT2D eigenvalue weighted by Gasteiger charge is 2.11. The lowest BCUT2D eigenvalue weighted by molar-refractivity contribution is -0.384. The van der Waals surface area contributed by atoms with E-state index in [1.807, 2.05) is 4.57 Å². The Morgan fingerprint density at radius 2 is 2.10 bits per heavy atom. The van der Waals surface area contributed by atoms with Crippen molar-refractivity contribution in [2.45, 2.75) is 19.9 Å². The third kappa shape index (κ3) is 3.88. The van der Waals surface area contributed by atoms with Gasteiger partial charge in [0.1, 0.15) is 12.2 Å². The van der Waals surface area contributed by atoms with Crippen molar-refractivity contribution in [3.05, 3.63) is 58.2 Å². The quantitative estimate of drug-likeness (QED) is 0.461. The maximum atomic E-state index is 11.5. The highest BCUT2D eigenvalue weighted by molar-refractivity contribution is 5.71. The zero-order valence-electron chi connectivity index (χ0n) is 11.6. The Labute approximate surface area is 121 Å². The molecule has 1 heterocycles. The topological polar surface area (TPSA) is 87.3 Å². The molecule has 0 spiro atoms. The number of benzene rings is 1. The van der Waals surface area contributed by atoms with E-state index < -0.39 is 4.92 Å². The average molecular weight is 289 g/mol. The zero-order chi connectivity index (χ0) is 15.2. The summed E-state index contributed by atoms with van der Waals surface area (Å²) in [6, 6.07) is 6.28. The lowest BCUT2D eigenvalue weighted by Gasteiger charge is -2.07. The van der Waals surface area contributed by atoms with Crippen LogP contribution in [0.2, 0.25) is 0 Å². The number of nitro benzene ring substituents is 1. The molecule has 0 bridgehead atoms. The third-order valence-corrected chi connectivity index (χ3v) is 2.91. The Morgan fingerprint density at radius 3 is 2.71 bits per heavy atom. The lowest BCUT2D eigenvalue weighted by Crippen LogP contribution is -2.13. The summed E-state index contributed by atoms with van der Waals surface area (Å²) in [6.07, 6.45) is 3.48. The number of imidazole rings is 1. The van der Waals surface area contributed by atoms with Crippen molar-refractivity contribution < 1.29 is 14.5 Å². The van der Waals surface area contributed by atoms with E-state index in [1.165, 1.54) is 12.1 Å². The van der Waals surface area contributed by atoms with E-state index in [-0.39, 0.29) is 18.1 Å². The molecular weight excluding hydrogens is 274 g/mol. The maximum Gasteiger partial charge on any atom is 0.313 e. The molecule has 110 valence electrons. The van der Waals surface area contributed by atoms with Crippen LogP contribution in [0.4, 0.5) is 5.69 Å². The Morgan fingerprint density at radius 1 is 1.38 bits per heavy atom. The van der Waals surface area contributed by atoms with Gasteiger partial charge in [-0.1, -0.05) is 12.1 Å². The van der Waals surface area contributed by atoms with Gasteiger partial charge < -0.3 is 9.30 Å². The largest absolute Gasteiger partial charge is 0.466 e. The Balaban J connectivity index is 2.08. The number of nitrogens with zero attached hydrogens (tertiary/aromatic N) is 3. The van der Waals surface area contributed by atoms with Crippen LogP contribution < -0.4 is 0 Å². The number of hydrogen-bond acceptors (Lipinski definition) is 5. The highest BCUT2D eigenvalue weighted by atomic mass is 16.6. The summed E-state index contributed by atoms with van der Waals surface area (Å²) < 4.78 is 6.71. The summed E-state index contributed by atoms with van der Waals surface area (Å²) >= 11 is 0. The van der Waals surface area contributed by atoms with Crippen molar-refractivity contribution in [3.63, 3.8) is 0 Å². The first-order valence-electron chi connectivity index (χ1n) is 6.49. The van der Waals surface area contributed by atoms with Gasteiger partial charge in [-0.3, -0.25) is 14.9 Å². The molecule has 0 atom stereocenters. The van der Waals surface area contributed by atoms with Gasteiger partial charge in [0.15, 0.2) is 0 Å². The predicted molar refractivity (Wildman–Crippen MR) is 74.8 cm³/mol. The van der Waals surface area contributed by atoms with Crippen molar-refractivity contribution in [1.82, 2.24) is 9.55 Å². The monoisotopic (exact) mass is 289 g/mol. The van der Waals surface area contributed by atoms with Gasteiger partial charge in [0.25, 0.3) is 5.69 Å². The fraction of sp³-hybridized carbons (Fsp3) is 0.286. The molecule has 0 aliphatic carbocycles. The summed E-state index contributed by atoms with van der Waals surface area (Å²) in [5.41, 5.74) is 0.944. The normalized spacial score (nSPS) is 10.3. The van der Waals surface area contributed by atoms with Crippen molar-refractivity contribution in [2.24, 2.45) is 0 Å². The van der Waals surface area contributed by atoms with Crippen LogP contribution in [0.1, 0.15) is 18.3 Å². The summed E-state index contributed by atoms with van der Waals surface area (Å²) in [4.78, 5) is 25.8. The molecule has 0 unspecified atom stereocenters. The minimum Gasteiger partial charge on any atom is -0.466 e. The van der Waals surface area contributed by atoms with Gasteiger partial charge in [-0.15, -0.1) is 0 Å². The number of carbonyl (C=O) groups excluding carboxylic acids is 1. The number of ether oxygens (including phenoxy) is 1. The van der Waals surface area contributed by atoms with Gasteiger partial charge in [0.2, 0.25) is 0 Å². The van der Waals surface area contributed by atoms with E-state index in [4.69, 9.17) is 4.74 Å². The smallest absolute Gasteiger partial charge is 0.313 e. The second-order valence-electron chi connectivity index (χ2n) is 4.38. The lowest BCUT2D eigenvalue weighted by atomic mass is 10.2. The average Bonchev–Trinajstić information content (AvgIpc) is 2.87. The van der Waals surface area contributed by atoms with Gasteiger partial charge >= 0.3 is 5.97 Å². The minimum absolute atomic E-state index is 0.0520. The molecule has 21 heavy (non-hydrogen) atoms. The van der Waals surface area contributed by atoms with Crippen LogP contribution >= 0.6 is 0 Å². The van der Waals surface area contributed by atoms with Gasteiger partial charge in [-0.2, -0.15) is 0 Å². The molecule has 1 aromatic carbocycles. The maximum absolute atomic E-state index is 11.5. The Bertz CT molecular complexity index is 634. The number of esters is 1. The number of carbonyl (C=O) groups is 1. The van der Waals surface area contributed by atoms with Crippen molar-refractivity contribution in [1.29, 1.82) is 0 Å². The standard InChI is InChI=1S/C14H15N3O4/c1-2-21-14(18)9-13-15-7-8-16(13)10-11-3-5-12(6-4-11)17(19)20/h3-8H,2,9-10H2,1H3. The molecule has 0 aliphatic rings. The van der Waals surface area contributed by atoms with Gasteiger partial charge in [0.05, 0.1) is 11.5 Å². The molecular formula is C14H15N3O4. The highest BCUT2D eigenvalue weighted by Crippen LogP contribution is 2.13. The molecule has 1 aromatic heterocycles. The molecule has 2 rings (SSSR count). The van der Waals surface area contributed by atoms with Crippen molar-refractivity contribution in [3.8, 4) is 0 Å². The summed E-state index contributed by atoms with van der Waals surface area (Å²) in [5, 5.41) is 10.6. The molecule has 7 nitrogen and oxygen atoms in total. The molecule has 0 saturated carbocycles. The van der Waals surface area contributed by atoms with Crippen LogP contribution in [0.25, 0.3) is 0 Å². The van der Waals surface area contributed by atoms with E-state index in [2.05, 4.69) is 4.98 Å². The van der Waals surface area contributed by atoms with Crippen molar-refractivity contribution in [2.75, 3.05) is 6.61 Å². The molecule has 0 N–H and O–H groups in total. The molecule has 0 radical (unpaired) electrons. The molecule has 0 amide bonds. The second-order valence-corrected chi connectivity index (χ2v) is 4.38. The summed E-state index contributed by atoms with van der Waals surface area (Å²) in [5.74, 6) is 0.278. The Kier molecular flexibility index (Phi) is 4.65. The van der Waals surface area contributed by atoms with Crippen LogP contribution in [0.15, 0.2) is 36.7 Å². The first-order chi connectivity index (χ1) is 10.1. The number of nitro groups is 1. The van der Waals surface area contributed by atoms with Crippen LogP contribution in [0, 0.1) is 10.1 Å². The fourth-order valence-electron chi connectivity index (χ4n) is 1.91. The van der Waals surface area contributed by atoms with E-state index in [9.17, 15) is 14.9 Å². The molecule has 0 aliphatic heterocycles. The van der Waals surface area contributed by atoms with Gasteiger partial charge in [-0.05, 0) is 12.5 Å². The van der Waals surface area contributed by atoms with Gasteiger partial charge in [0, 0.05) is 31.1 Å². The van der Waals surface area contributed by atoms with E-state index in [1.54, 1.807) is 31.5 Å². The molecule has 0 saturated heterocycles. The van der Waals surface area contributed by atoms with Gasteiger partial charge in [-0.25, -0.2) is 4.98 Å². The van der Waals surface area contributed by atoms with E-state index >= 15 is 0 Å². The zero-order valence-corrected chi connectivity index (χ0v) is 11.6. The van der Waals surface area contributed by atoms with Crippen molar-refractivity contribution >= 4 is 11.7 Å². The first kappa shape index (κ1) is 14.7. The first-order valence-corrected chi connectivity index (χ1v) is 6.49. The van der Waals surface area contributed by atoms with Crippen LogP contribution in [0.3, 0.4) is 0 Å². The van der Waals surface area contributed by atoms with E-state index in [0.29, 0.717) is 19.0 Å². The summed E-state index contributed by atoms with van der Waals surface area (Å²) in [6.45, 7) is 2.58. The third-order valence-electron chi connectivity index (χ3n) is 2.91. The second kappa shape index (κ2) is 6.65. The number of rotatable bonds is 6. The summed E-state index contributed by atoms with van der Waals surface area (Å²) in [7, 11) is 0. The molecule has 7 heteroatoms. The fourth-order valence-corrected chi connectivity index (χ4v) is 1.91. The van der Waals surface area contributed by atoms with Crippen LogP contribution in [-0.4, -0.2) is 27.1 Å².